The minimum absolute atomic E-state index is 0.0631. The number of allylic oxidation sites excluding steroid dienone is 2. The summed E-state index contributed by atoms with van der Waals surface area (Å²) in [4.78, 5) is 11.3. The number of carbonyl (C=O) groups excluding carboxylic acids is 1. The fourth-order valence-electron chi connectivity index (χ4n) is 0.439. The van der Waals surface area contributed by atoms with Crippen LogP contribution in [0.1, 0.15) is 34.6 Å². The van der Waals surface area contributed by atoms with Gasteiger partial charge in [-0.15, -0.1) is 0 Å². The van der Waals surface area contributed by atoms with Crippen molar-refractivity contribution in [3.8, 4) is 0 Å². The maximum Gasteiger partial charge on any atom is 0.229 e. The number of rotatable bonds is 1. The standard InChI is InChI=1S/C9H17NO/c1-6-7(2)10-8(11)9(3,4)5/h6H,1-5H3,(H,10,11)/b7-6+. The van der Waals surface area contributed by atoms with Crippen molar-refractivity contribution in [1.82, 2.24) is 5.32 Å². The zero-order valence-electron chi connectivity index (χ0n) is 7.99. The molecule has 0 aromatic heterocycles. The SMILES string of the molecule is C/C=C(\C)NC(=O)C(C)(C)C. The van der Waals surface area contributed by atoms with Crippen LogP contribution >= 0.6 is 0 Å². The second-order valence-corrected chi connectivity index (χ2v) is 3.68. The summed E-state index contributed by atoms with van der Waals surface area (Å²) in [6.07, 6.45) is 1.88. The predicted octanol–water partition coefficient (Wildman–Crippen LogP) is 2.07. The fourth-order valence-corrected chi connectivity index (χ4v) is 0.439. The van der Waals surface area contributed by atoms with E-state index in [4.69, 9.17) is 0 Å². The Labute approximate surface area is 68.7 Å². The van der Waals surface area contributed by atoms with Crippen LogP contribution in [0.15, 0.2) is 11.8 Å². The van der Waals surface area contributed by atoms with E-state index >= 15 is 0 Å². The van der Waals surface area contributed by atoms with E-state index in [0.29, 0.717) is 0 Å². The highest BCUT2D eigenvalue weighted by atomic mass is 16.2. The lowest BCUT2D eigenvalue weighted by Gasteiger charge is -2.17. The molecule has 0 spiro atoms. The summed E-state index contributed by atoms with van der Waals surface area (Å²) in [5.74, 6) is 0.0631. The maximum atomic E-state index is 11.3. The van der Waals surface area contributed by atoms with Crippen LogP contribution < -0.4 is 5.32 Å². The van der Waals surface area contributed by atoms with Gasteiger partial charge in [0.1, 0.15) is 0 Å². The lowest BCUT2D eigenvalue weighted by atomic mass is 9.95. The molecule has 0 aliphatic carbocycles. The molecule has 0 saturated heterocycles. The minimum Gasteiger partial charge on any atom is -0.330 e. The first-order valence-corrected chi connectivity index (χ1v) is 3.82. The van der Waals surface area contributed by atoms with Crippen molar-refractivity contribution >= 4 is 5.91 Å². The van der Waals surface area contributed by atoms with Crippen molar-refractivity contribution in [2.75, 3.05) is 0 Å². The van der Waals surface area contributed by atoms with Gasteiger partial charge in [0.05, 0.1) is 0 Å². The first kappa shape index (κ1) is 10.2. The van der Waals surface area contributed by atoms with Gasteiger partial charge >= 0.3 is 0 Å². The summed E-state index contributed by atoms with van der Waals surface area (Å²) < 4.78 is 0. The third-order valence-electron chi connectivity index (χ3n) is 1.42. The largest absolute Gasteiger partial charge is 0.330 e. The van der Waals surface area contributed by atoms with Crippen molar-refractivity contribution in [1.29, 1.82) is 0 Å². The highest BCUT2D eigenvalue weighted by molar-refractivity contribution is 5.82. The van der Waals surface area contributed by atoms with Gasteiger partial charge in [-0.25, -0.2) is 0 Å². The highest BCUT2D eigenvalue weighted by Gasteiger charge is 2.20. The molecule has 0 saturated carbocycles. The van der Waals surface area contributed by atoms with Crippen LogP contribution in [0.4, 0.5) is 0 Å². The number of amides is 1. The molecule has 0 unspecified atom stereocenters. The molecule has 2 heteroatoms. The van der Waals surface area contributed by atoms with E-state index in [1.807, 2.05) is 40.7 Å². The fraction of sp³-hybridized carbons (Fsp3) is 0.667. The van der Waals surface area contributed by atoms with E-state index in [1.165, 1.54) is 0 Å². The molecule has 0 atom stereocenters. The van der Waals surface area contributed by atoms with Gasteiger partial charge in [0, 0.05) is 11.1 Å². The summed E-state index contributed by atoms with van der Waals surface area (Å²) in [6.45, 7) is 9.46. The van der Waals surface area contributed by atoms with Crippen LogP contribution in [-0.2, 0) is 4.79 Å². The molecular formula is C9H17NO. The molecule has 0 bridgehead atoms. The smallest absolute Gasteiger partial charge is 0.229 e. The van der Waals surface area contributed by atoms with Gasteiger partial charge in [-0.1, -0.05) is 26.8 Å². The van der Waals surface area contributed by atoms with Gasteiger partial charge in [0.15, 0.2) is 0 Å². The van der Waals surface area contributed by atoms with E-state index in [0.717, 1.165) is 5.70 Å². The molecule has 1 amide bonds. The predicted molar refractivity (Wildman–Crippen MR) is 47.0 cm³/mol. The topological polar surface area (TPSA) is 29.1 Å². The number of hydrogen-bond donors (Lipinski definition) is 1. The molecule has 0 aliphatic rings. The third kappa shape index (κ3) is 3.81. The summed E-state index contributed by atoms with van der Waals surface area (Å²) in [7, 11) is 0. The van der Waals surface area contributed by atoms with Gasteiger partial charge in [0.2, 0.25) is 5.91 Å². The van der Waals surface area contributed by atoms with Gasteiger partial charge in [-0.2, -0.15) is 0 Å². The number of carbonyl (C=O) groups is 1. The normalized spacial score (nSPS) is 13.0. The summed E-state index contributed by atoms with van der Waals surface area (Å²) >= 11 is 0. The first-order valence-electron chi connectivity index (χ1n) is 3.82. The summed E-state index contributed by atoms with van der Waals surface area (Å²) in [6, 6.07) is 0. The van der Waals surface area contributed by atoms with Crippen molar-refractivity contribution in [3.05, 3.63) is 11.8 Å². The Balaban J connectivity index is 4.10. The second kappa shape index (κ2) is 3.56. The first-order chi connectivity index (χ1) is 4.88. The monoisotopic (exact) mass is 155 g/mol. The van der Waals surface area contributed by atoms with Crippen LogP contribution in [0, 0.1) is 5.41 Å². The van der Waals surface area contributed by atoms with Crippen LogP contribution in [-0.4, -0.2) is 5.91 Å². The Morgan fingerprint density at radius 3 is 2.09 bits per heavy atom. The molecule has 0 heterocycles. The van der Waals surface area contributed by atoms with Crippen molar-refractivity contribution < 1.29 is 4.79 Å². The zero-order valence-corrected chi connectivity index (χ0v) is 7.99. The van der Waals surface area contributed by atoms with Crippen LogP contribution in [0.5, 0.6) is 0 Å². The van der Waals surface area contributed by atoms with Gasteiger partial charge < -0.3 is 5.32 Å². The molecule has 0 rings (SSSR count). The molecule has 0 radical (unpaired) electrons. The van der Waals surface area contributed by atoms with Gasteiger partial charge in [-0.3, -0.25) is 4.79 Å². The zero-order chi connectivity index (χ0) is 9.07. The van der Waals surface area contributed by atoms with E-state index in [-0.39, 0.29) is 11.3 Å². The average Bonchev–Trinajstić information content (AvgIpc) is 1.85. The average molecular weight is 155 g/mol. The molecule has 0 aliphatic heterocycles. The van der Waals surface area contributed by atoms with E-state index < -0.39 is 0 Å². The number of hydrogen-bond acceptors (Lipinski definition) is 1. The minimum atomic E-state index is -0.301. The third-order valence-corrected chi connectivity index (χ3v) is 1.42. The Kier molecular flexibility index (Phi) is 3.30. The Bertz CT molecular complexity index is 174. The molecule has 0 aromatic rings. The molecule has 64 valence electrons. The number of nitrogens with one attached hydrogen (secondary N) is 1. The molecule has 1 N–H and O–H groups in total. The van der Waals surface area contributed by atoms with Crippen molar-refractivity contribution in [2.45, 2.75) is 34.6 Å². The maximum absolute atomic E-state index is 11.3. The van der Waals surface area contributed by atoms with Crippen molar-refractivity contribution in [2.24, 2.45) is 5.41 Å². The van der Waals surface area contributed by atoms with Gasteiger partial charge in [0.25, 0.3) is 0 Å². The Hall–Kier alpha value is -0.790. The lowest BCUT2D eigenvalue weighted by Crippen LogP contribution is -2.33. The lowest BCUT2D eigenvalue weighted by molar-refractivity contribution is -0.127. The van der Waals surface area contributed by atoms with Crippen molar-refractivity contribution in [3.63, 3.8) is 0 Å². The van der Waals surface area contributed by atoms with Crippen LogP contribution in [0.25, 0.3) is 0 Å². The quantitative estimate of drug-likeness (QED) is 0.617. The van der Waals surface area contributed by atoms with E-state index in [9.17, 15) is 4.79 Å². The second-order valence-electron chi connectivity index (χ2n) is 3.68. The van der Waals surface area contributed by atoms with E-state index in [1.54, 1.807) is 0 Å². The highest BCUT2D eigenvalue weighted by Crippen LogP contribution is 2.12. The Morgan fingerprint density at radius 1 is 1.36 bits per heavy atom. The van der Waals surface area contributed by atoms with Gasteiger partial charge in [-0.05, 0) is 13.8 Å². The molecule has 2 nitrogen and oxygen atoms in total. The van der Waals surface area contributed by atoms with E-state index in [2.05, 4.69) is 5.32 Å². The molecule has 11 heavy (non-hydrogen) atoms. The summed E-state index contributed by atoms with van der Waals surface area (Å²) in [5.41, 5.74) is 0.606. The summed E-state index contributed by atoms with van der Waals surface area (Å²) in [5, 5.41) is 2.79. The molecule has 0 fully saturated rings. The molecule has 0 aromatic carbocycles. The van der Waals surface area contributed by atoms with Crippen LogP contribution in [0.2, 0.25) is 0 Å². The Morgan fingerprint density at radius 2 is 1.82 bits per heavy atom. The van der Waals surface area contributed by atoms with Crippen LogP contribution in [0.3, 0.4) is 0 Å². The molecular weight excluding hydrogens is 138 g/mol.